The summed E-state index contributed by atoms with van der Waals surface area (Å²) in [7, 11) is 0. The first-order valence-electron chi connectivity index (χ1n) is 11.4. The summed E-state index contributed by atoms with van der Waals surface area (Å²) < 4.78 is 32.0. The molecule has 2 heterocycles. The number of oxazole rings is 1. The number of carboxylic acid groups (broad SMARTS) is 1. The number of amides is 2. The minimum atomic E-state index is -2.64. The van der Waals surface area contributed by atoms with Crippen LogP contribution >= 0.6 is 0 Å². The third-order valence-corrected chi connectivity index (χ3v) is 5.88. The maximum Gasteiger partial charge on any atom is 0.326 e. The fourth-order valence-electron chi connectivity index (χ4n) is 3.71. The predicted molar refractivity (Wildman–Crippen MR) is 123 cm³/mol. The van der Waals surface area contributed by atoms with E-state index in [1.807, 2.05) is 0 Å². The first-order chi connectivity index (χ1) is 17.1. The Morgan fingerprint density at radius 1 is 1.11 bits per heavy atom. The maximum absolute atomic E-state index is 13.2. The van der Waals surface area contributed by atoms with Crippen LogP contribution in [-0.2, 0) is 4.79 Å². The molecule has 190 valence electrons. The lowest BCUT2D eigenvalue weighted by Crippen LogP contribution is -2.44. The summed E-state index contributed by atoms with van der Waals surface area (Å²) in [4.78, 5) is 40.3. The Balaban J connectivity index is 1.48. The van der Waals surface area contributed by atoms with Crippen molar-refractivity contribution < 1.29 is 32.7 Å². The number of H-pyrrole nitrogens is 1. The SMILES string of the molecule is CC(C)[C@H](NC(=O)c1cnc(-c2cccc(-c3cc(C(=O)NC(C(F)F)C4CC4)[nH]n3)c2)o1)C(=O)O. The molecule has 0 spiro atoms. The number of halogens is 2. The predicted octanol–water partition coefficient (Wildman–Crippen LogP) is 3.34. The van der Waals surface area contributed by atoms with Crippen molar-refractivity contribution >= 4 is 17.8 Å². The van der Waals surface area contributed by atoms with Crippen LogP contribution in [0.5, 0.6) is 0 Å². The lowest BCUT2D eigenvalue weighted by atomic mass is 10.0. The molecule has 2 aromatic heterocycles. The Morgan fingerprint density at radius 3 is 2.47 bits per heavy atom. The molecule has 10 nitrogen and oxygen atoms in total. The molecule has 4 N–H and O–H groups in total. The van der Waals surface area contributed by atoms with Gasteiger partial charge in [0.1, 0.15) is 11.7 Å². The van der Waals surface area contributed by atoms with E-state index in [9.17, 15) is 28.3 Å². The number of carboxylic acids is 1. The summed E-state index contributed by atoms with van der Waals surface area (Å²) in [6, 6.07) is 5.97. The Morgan fingerprint density at radius 2 is 1.83 bits per heavy atom. The summed E-state index contributed by atoms with van der Waals surface area (Å²) in [6.45, 7) is 3.34. The van der Waals surface area contributed by atoms with Gasteiger partial charge < -0.3 is 20.2 Å². The van der Waals surface area contributed by atoms with Crippen molar-refractivity contribution in [3.05, 3.63) is 48.0 Å². The van der Waals surface area contributed by atoms with Crippen LogP contribution in [0.25, 0.3) is 22.7 Å². The van der Waals surface area contributed by atoms with Gasteiger partial charge in [0.15, 0.2) is 0 Å². The number of benzene rings is 1. The first-order valence-corrected chi connectivity index (χ1v) is 11.4. The lowest BCUT2D eigenvalue weighted by molar-refractivity contribution is -0.140. The van der Waals surface area contributed by atoms with E-state index in [4.69, 9.17) is 4.42 Å². The number of rotatable bonds is 10. The molecule has 1 aliphatic carbocycles. The van der Waals surface area contributed by atoms with E-state index >= 15 is 0 Å². The molecule has 3 aromatic rings. The molecule has 2 amide bonds. The van der Waals surface area contributed by atoms with E-state index < -0.39 is 36.3 Å². The molecule has 0 radical (unpaired) electrons. The third-order valence-electron chi connectivity index (χ3n) is 5.88. The normalized spacial score (nSPS) is 15.1. The molecule has 0 saturated heterocycles. The van der Waals surface area contributed by atoms with Crippen LogP contribution in [0, 0.1) is 11.8 Å². The molecular weight excluding hydrogens is 476 g/mol. The molecular formula is C24H25F2N5O5. The van der Waals surface area contributed by atoms with E-state index in [-0.39, 0.29) is 29.2 Å². The zero-order valence-corrected chi connectivity index (χ0v) is 19.5. The number of hydrogen-bond acceptors (Lipinski definition) is 6. The van der Waals surface area contributed by atoms with Crippen LogP contribution in [0.2, 0.25) is 0 Å². The van der Waals surface area contributed by atoms with Gasteiger partial charge in [0.25, 0.3) is 18.2 Å². The molecule has 0 bridgehead atoms. The second-order valence-corrected chi connectivity index (χ2v) is 8.98. The summed E-state index contributed by atoms with van der Waals surface area (Å²) >= 11 is 0. The highest BCUT2D eigenvalue weighted by atomic mass is 19.3. The number of aliphatic carboxylic acids is 1. The highest BCUT2D eigenvalue weighted by Crippen LogP contribution is 2.35. The summed E-state index contributed by atoms with van der Waals surface area (Å²) in [6.07, 6.45) is -0.113. The van der Waals surface area contributed by atoms with Gasteiger partial charge in [-0.3, -0.25) is 14.7 Å². The third kappa shape index (κ3) is 5.58. The average molecular weight is 501 g/mol. The van der Waals surface area contributed by atoms with Gasteiger partial charge >= 0.3 is 5.97 Å². The van der Waals surface area contributed by atoms with Crippen molar-refractivity contribution in [3.63, 3.8) is 0 Å². The van der Waals surface area contributed by atoms with Crippen LogP contribution in [0.3, 0.4) is 0 Å². The summed E-state index contributed by atoms with van der Waals surface area (Å²) in [5, 5.41) is 20.7. The molecule has 1 fully saturated rings. The second-order valence-electron chi connectivity index (χ2n) is 8.98. The molecule has 0 aliphatic heterocycles. The minimum absolute atomic E-state index is 0.0509. The number of alkyl halides is 2. The molecule has 12 heteroatoms. The van der Waals surface area contributed by atoms with Crippen LogP contribution < -0.4 is 10.6 Å². The quantitative estimate of drug-likeness (QED) is 0.333. The van der Waals surface area contributed by atoms with Crippen LogP contribution in [0.4, 0.5) is 8.78 Å². The van der Waals surface area contributed by atoms with Gasteiger partial charge in [-0.2, -0.15) is 5.10 Å². The number of nitrogens with one attached hydrogen (secondary N) is 3. The highest BCUT2D eigenvalue weighted by molar-refractivity contribution is 5.95. The van der Waals surface area contributed by atoms with E-state index in [1.54, 1.807) is 38.1 Å². The van der Waals surface area contributed by atoms with Gasteiger partial charge in [0.2, 0.25) is 11.7 Å². The van der Waals surface area contributed by atoms with E-state index in [1.165, 1.54) is 12.3 Å². The highest BCUT2D eigenvalue weighted by Gasteiger charge is 2.38. The number of aromatic amines is 1. The number of nitrogens with zero attached hydrogens (tertiary/aromatic N) is 2. The summed E-state index contributed by atoms with van der Waals surface area (Å²) in [5.74, 6) is -3.09. The molecule has 36 heavy (non-hydrogen) atoms. The van der Waals surface area contributed by atoms with E-state index in [0.717, 1.165) is 0 Å². The zero-order valence-electron chi connectivity index (χ0n) is 19.5. The molecule has 1 aromatic carbocycles. The van der Waals surface area contributed by atoms with Crippen LogP contribution in [-0.4, -0.2) is 56.6 Å². The van der Waals surface area contributed by atoms with Crippen molar-refractivity contribution in [3.8, 4) is 22.7 Å². The van der Waals surface area contributed by atoms with Gasteiger partial charge in [0, 0.05) is 11.1 Å². The van der Waals surface area contributed by atoms with Crippen molar-refractivity contribution in [2.45, 2.75) is 45.2 Å². The zero-order chi connectivity index (χ0) is 26.0. The van der Waals surface area contributed by atoms with Gasteiger partial charge in [-0.1, -0.05) is 26.0 Å². The second kappa shape index (κ2) is 10.3. The largest absolute Gasteiger partial charge is 0.480 e. The Labute approximate surface area is 204 Å². The average Bonchev–Trinajstić information content (AvgIpc) is 3.33. The number of carbonyl (C=O) groups excluding carboxylic acids is 2. The van der Waals surface area contributed by atoms with Gasteiger partial charge in [-0.25, -0.2) is 18.6 Å². The van der Waals surface area contributed by atoms with Crippen LogP contribution in [0.1, 0.15) is 47.7 Å². The molecule has 1 aliphatic rings. The maximum atomic E-state index is 13.2. The number of carbonyl (C=O) groups is 3. The fraction of sp³-hybridized carbons (Fsp3) is 0.375. The monoisotopic (exact) mass is 501 g/mol. The summed E-state index contributed by atoms with van der Waals surface area (Å²) in [5.41, 5.74) is 1.54. The Hall–Kier alpha value is -4.09. The minimum Gasteiger partial charge on any atom is -0.480 e. The first kappa shape index (κ1) is 25.0. The lowest BCUT2D eigenvalue weighted by Gasteiger charge is -2.16. The van der Waals surface area contributed by atoms with Crippen molar-refractivity contribution in [1.29, 1.82) is 0 Å². The standard InChI is InChI=1S/C24H25F2N5O5/c1-11(2)18(24(34)35)28-22(33)17-10-27-23(36-17)14-5-3-4-13(8-14)15-9-16(31-30-15)21(32)29-19(20(25)26)12-6-7-12/h3-5,8-12,18-20H,6-7H2,1-2H3,(H,28,33)(H,29,32)(H,30,31)(H,34,35)/t18-,19?/m0/s1. The van der Waals surface area contributed by atoms with Crippen molar-refractivity contribution in [1.82, 2.24) is 25.8 Å². The van der Waals surface area contributed by atoms with Gasteiger partial charge in [-0.05, 0) is 42.9 Å². The van der Waals surface area contributed by atoms with Crippen LogP contribution in [0.15, 0.2) is 40.9 Å². The van der Waals surface area contributed by atoms with E-state index in [0.29, 0.717) is 29.7 Å². The smallest absolute Gasteiger partial charge is 0.326 e. The topological polar surface area (TPSA) is 150 Å². The number of hydrogen-bond donors (Lipinski definition) is 4. The van der Waals surface area contributed by atoms with Gasteiger partial charge in [-0.15, -0.1) is 0 Å². The fourth-order valence-corrected chi connectivity index (χ4v) is 3.71. The Kier molecular flexibility index (Phi) is 7.13. The Bertz CT molecular complexity index is 1270. The van der Waals surface area contributed by atoms with Crippen molar-refractivity contribution in [2.75, 3.05) is 0 Å². The molecule has 4 rings (SSSR count). The molecule has 2 atom stereocenters. The molecule has 1 saturated carbocycles. The van der Waals surface area contributed by atoms with Crippen molar-refractivity contribution in [2.24, 2.45) is 11.8 Å². The number of aromatic nitrogens is 3. The van der Waals surface area contributed by atoms with Gasteiger partial charge in [0.05, 0.1) is 17.9 Å². The van der Waals surface area contributed by atoms with E-state index in [2.05, 4.69) is 25.8 Å². The molecule has 1 unspecified atom stereocenters.